The first-order valence-corrected chi connectivity index (χ1v) is 4.00. The van der Waals surface area contributed by atoms with Gasteiger partial charge in [-0.3, -0.25) is 0 Å². The Morgan fingerprint density at radius 1 is 1.33 bits per heavy atom. The molecule has 0 aliphatic carbocycles. The lowest BCUT2D eigenvalue weighted by atomic mass is 10.4. The molecule has 0 N–H and O–H groups in total. The van der Waals surface area contributed by atoms with E-state index in [1.54, 1.807) is 0 Å². The van der Waals surface area contributed by atoms with Crippen molar-refractivity contribution in [2.24, 2.45) is 0 Å². The second-order valence-electron chi connectivity index (χ2n) is 1.57. The van der Waals surface area contributed by atoms with Gasteiger partial charge in [-0.15, -0.1) is 48.8 Å². The molecule has 0 aliphatic heterocycles. The maximum Gasteiger partial charge on any atom is 0.0254 e. The molecule has 1 atom stereocenters. The van der Waals surface area contributed by atoms with Crippen molar-refractivity contribution < 1.29 is 0 Å². The maximum atomic E-state index is 5.64. The monoisotopic (exact) mass is 230 g/mol. The van der Waals surface area contributed by atoms with E-state index in [0.717, 1.165) is 10.2 Å². The molecule has 5 heteroatoms. The summed E-state index contributed by atoms with van der Waals surface area (Å²) in [6, 6.07) is 0. The van der Waals surface area contributed by atoms with E-state index in [-0.39, 0.29) is 37.2 Å². The van der Waals surface area contributed by atoms with Crippen LogP contribution in [0.4, 0.5) is 0 Å². The van der Waals surface area contributed by atoms with Crippen molar-refractivity contribution in [3.8, 4) is 0 Å². The summed E-state index contributed by atoms with van der Waals surface area (Å²) in [6.45, 7) is 2.16. The summed E-state index contributed by atoms with van der Waals surface area (Å²) in [5, 5.41) is 0.509. The third-order valence-corrected chi connectivity index (χ3v) is 1.48. The largest absolute Gasteiger partial charge is 0.147 e. The van der Waals surface area contributed by atoms with Gasteiger partial charge < -0.3 is 0 Å². The van der Waals surface area contributed by atoms with Crippen LogP contribution in [-0.4, -0.2) is 15.2 Å². The number of alkyl halides is 1. The lowest BCUT2D eigenvalue weighted by Crippen LogP contribution is -1.93. The van der Waals surface area contributed by atoms with E-state index in [0.29, 0.717) is 5.00 Å². The predicted octanol–water partition coefficient (Wildman–Crippen LogP) is 1.98. The lowest BCUT2D eigenvalue weighted by molar-refractivity contribution is 0.859. The minimum Gasteiger partial charge on any atom is -0.147 e. The van der Waals surface area contributed by atoms with E-state index in [1.807, 2.05) is 0 Å². The van der Waals surface area contributed by atoms with Gasteiger partial charge in [-0.05, 0) is 6.42 Å². The molecule has 0 heterocycles. The van der Waals surface area contributed by atoms with Gasteiger partial charge in [0, 0.05) is 15.2 Å². The molecule has 0 aromatic carbocycles. The van der Waals surface area contributed by atoms with Crippen LogP contribution < -0.4 is 0 Å². The molecule has 0 aliphatic rings. The number of hydrogen-bond donors (Lipinski definition) is 0. The van der Waals surface area contributed by atoms with E-state index in [1.165, 1.54) is 12.8 Å². The Labute approximate surface area is 83.8 Å². The van der Waals surface area contributed by atoms with Gasteiger partial charge in [0.15, 0.2) is 0 Å². The Balaban J connectivity index is -0.0000000417. The third-order valence-electron chi connectivity index (χ3n) is 0.686. The quantitative estimate of drug-likeness (QED) is 0.504. The minimum atomic E-state index is 0. The first-order valence-electron chi connectivity index (χ1n) is 2.41. The summed E-state index contributed by atoms with van der Waals surface area (Å²) in [5.74, 6) is 0. The minimum absolute atomic E-state index is 0. The summed E-state index contributed by atoms with van der Waals surface area (Å²) in [5.41, 5.74) is 0. The second kappa shape index (κ2) is 16.2. The Bertz CT molecular complexity index is 33.7. The fraction of sp³-hybridized carbons (Fsp3) is 1.00. The van der Waals surface area contributed by atoms with E-state index < -0.39 is 0 Å². The Kier molecular flexibility index (Phi) is 40.3. The molecule has 0 rings (SSSR count). The molecule has 0 fully saturated rings. The highest BCUT2D eigenvalue weighted by atomic mass is 35.5. The molecular formula is C4H14Cl4Si. The molecule has 0 aromatic rings. The molecule has 0 amide bonds. The number of halogens is 4. The Morgan fingerprint density at radius 2 is 1.67 bits per heavy atom. The van der Waals surface area contributed by atoms with Crippen molar-refractivity contribution in [3.63, 3.8) is 0 Å². The summed E-state index contributed by atoms with van der Waals surface area (Å²) in [4.78, 5) is 0. The van der Waals surface area contributed by atoms with Gasteiger partial charge in [-0.2, -0.15) is 0 Å². The summed E-state index contributed by atoms with van der Waals surface area (Å²) in [6.07, 6.45) is 2.44. The van der Waals surface area contributed by atoms with Crippen molar-refractivity contribution >= 4 is 59.1 Å². The van der Waals surface area contributed by atoms with Crippen molar-refractivity contribution in [2.75, 3.05) is 0 Å². The molecule has 62 valence electrons. The van der Waals surface area contributed by atoms with Crippen LogP contribution in [0, 0.1) is 0 Å². The number of hydrogen-bond acceptors (Lipinski definition) is 0. The van der Waals surface area contributed by atoms with E-state index in [9.17, 15) is 0 Å². The zero-order valence-electron chi connectivity index (χ0n) is 5.59. The van der Waals surface area contributed by atoms with Crippen LogP contribution >= 0.6 is 48.8 Å². The molecule has 0 saturated heterocycles. The van der Waals surface area contributed by atoms with Crippen molar-refractivity contribution in [3.05, 3.63) is 0 Å². The zero-order valence-corrected chi connectivity index (χ0v) is 10.8. The average molecular weight is 232 g/mol. The second-order valence-corrected chi connectivity index (χ2v) is 4.44. The SMILES string of the molecule is CCCC([SiH3])Cl.Cl.Cl.Cl. The highest BCUT2D eigenvalue weighted by molar-refractivity contribution is 6.40. The van der Waals surface area contributed by atoms with E-state index in [4.69, 9.17) is 11.6 Å². The molecule has 0 aromatic heterocycles. The van der Waals surface area contributed by atoms with Gasteiger partial charge in [-0.25, -0.2) is 0 Å². The van der Waals surface area contributed by atoms with Crippen molar-refractivity contribution in [1.29, 1.82) is 0 Å². The molecular weight excluding hydrogens is 218 g/mol. The summed E-state index contributed by atoms with van der Waals surface area (Å²) >= 11 is 5.64. The van der Waals surface area contributed by atoms with Crippen molar-refractivity contribution in [1.82, 2.24) is 0 Å². The first-order chi connectivity index (χ1) is 2.77. The van der Waals surface area contributed by atoms with Crippen LogP contribution in [-0.2, 0) is 0 Å². The van der Waals surface area contributed by atoms with Gasteiger partial charge in [0.2, 0.25) is 0 Å². The van der Waals surface area contributed by atoms with Crippen LogP contribution in [0.25, 0.3) is 0 Å². The normalized spacial score (nSPS) is 10.0. The summed E-state index contributed by atoms with van der Waals surface area (Å²) in [7, 11) is 1.14. The van der Waals surface area contributed by atoms with E-state index in [2.05, 4.69) is 6.92 Å². The van der Waals surface area contributed by atoms with Crippen LogP contribution in [0.3, 0.4) is 0 Å². The first kappa shape index (κ1) is 22.4. The van der Waals surface area contributed by atoms with Gasteiger partial charge >= 0.3 is 0 Å². The molecule has 0 radical (unpaired) electrons. The maximum absolute atomic E-state index is 5.64. The van der Waals surface area contributed by atoms with Crippen LogP contribution in [0.15, 0.2) is 0 Å². The smallest absolute Gasteiger partial charge is 0.0254 e. The van der Waals surface area contributed by atoms with Crippen LogP contribution in [0.1, 0.15) is 19.8 Å². The molecule has 0 saturated carbocycles. The molecule has 0 bridgehead atoms. The Hall–Kier alpha value is 1.38. The molecule has 0 nitrogen and oxygen atoms in total. The molecule has 1 unspecified atom stereocenters. The third kappa shape index (κ3) is 26.6. The highest BCUT2D eigenvalue weighted by Crippen LogP contribution is 1.97. The molecule has 0 spiro atoms. The Morgan fingerprint density at radius 3 is 1.67 bits per heavy atom. The van der Waals surface area contributed by atoms with Gasteiger partial charge in [0.05, 0.1) is 0 Å². The fourth-order valence-electron chi connectivity index (χ4n) is 0.398. The van der Waals surface area contributed by atoms with Gasteiger partial charge in [-0.1, -0.05) is 13.3 Å². The van der Waals surface area contributed by atoms with Crippen molar-refractivity contribution in [2.45, 2.75) is 24.8 Å². The van der Waals surface area contributed by atoms with Gasteiger partial charge in [0.25, 0.3) is 0 Å². The predicted molar refractivity (Wildman–Crippen MR) is 56.2 cm³/mol. The van der Waals surface area contributed by atoms with E-state index >= 15 is 0 Å². The van der Waals surface area contributed by atoms with Crippen LogP contribution in [0.5, 0.6) is 0 Å². The standard InChI is InChI=1S/C4H11ClSi.3ClH/c1-2-3-4(5)6;;;/h4H,2-3H2,1,6H3;3*1H. The average Bonchev–Trinajstić information content (AvgIpc) is 1.35. The van der Waals surface area contributed by atoms with Gasteiger partial charge in [0.1, 0.15) is 0 Å². The lowest BCUT2D eigenvalue weighted by Gasteiger charge is -1.93. The zero-order chi connectivity index (χ0) is 4.99. The fourth-order valence-corrected chi connectivity index (χ4v) is 1.19. The summed E-state index contributed by atoms with van der Waals surface area (Å²) < 4.78 is 0. The number of rotatable bonds is 2. The highest BCUT2D eigenvalue weighted by Gasteiger charge is 1.88. The topological polar surface area (TPSA) is 0 Å². The molecule has 9 heavy (non-hydrogen) atoms. The van der Waals surface area contributed by atoms with Crippen LogP contribution in [0.2, 0.25) is 0 Å².